The van der Waals surface area contributed by atoms with Crippen molar-refractivity contribution in [2.75, 3.05) is 26.3 Å². The average molecular weight is 200 g/mol. The van der Waals surface area contributed by atoms with Crippen molar-refractivity contribution >= 4 is 0 Å². The maximum Gasteiger partial charge on any atom is 0.0948 e. The first-order valence-corrected chi connectivity index (χ1v) is 5.59. The van der Waals surface area contributed by atoms with Gasteiger partial charge in [0, 0.05) is 6.04 Å². The largest absolute Gasteiger partial charge is 0.389 e. The summed E-state index contributed by atoms with van der Waals surface area (Å²) in [5.74, 6) is 0. The third-order valence-electron chi connectivity index (χ3n) is 3.08. The minimum absolute atomic E-state index is 0.151. The van der Waals surface area contributed by atoms with Gasteiger partial charge in [-0.15, -0.1) is 0 Å². The average Bonchev–Trinajstić information content (AvgIpc) is 2.44. The third-order valence-corrected chi connectivity index (χ3v) is 3.08. The van der Waals surface area contributed by atoms with E-state index < -0.39 is 0 Å². The molecule has 0 radical (unpaired) electrons. The van der Waals surface area contributed by atoms with Crippen LogP contribution in [0.5, 0.6) is 0 Å². The van der Waals surface area contributed by atoms with Crippen molar-refractivity contribution in [2.24, 2.45) is 0 Å². The quantitative estimate of drug-likeness (QED) is 0.561. The van der Waals surface area contributed by atoms with Crippen LogP contribution < -0.4 is 10.6 Å². The Bertz CT molecular complexity index is 170. The highest BCUT2D eigenvalue weighted by molar-refractivity contribution is 4.85. The molecular weight excluding hydrogens is 180 g/mol. The highest BCUT2D eigenvalue weighted by atomic mass is 16.5. The molecule has 14 heavy (non-hydrogen) atoms. The van der Waals surface area contributed by atoms with E-state index in [9.17, 15) is 5.11 Å². The monoisotopic (exact) mass is 200 g/mol. The van der Waals surface area contributed by atoms with Crippen LogP contribution in [-0.4, -0.2) is 49.6 Å². The fourth-order valence-corrected chi connectivity index (χ4v) is 2.19. The minimum atomic E-state index is -0.314. The SMILES string of the molecule is O[C@@H]1COC[C@H]1NC1CCCNCC1. The summed E-state index contributed by atoms with van der Waals surface area (Å²) in [6.45, 7) is 3.36. The Morgan fingerprint density at radius 2 is 2.14 bits per heavy atom. The number of rotatable bonds is 2. The molecule has 4 heteroatoms. The van der Waals surface area contributed by atoms with Crippen LogP contribution in [0.3, 0.4) is 0 Å². The van der Waals surface area contributed by atoms with Gasteiger partial charge in [0.1, 0.15) is 0 Å². The van der Waals surface area contributed by atoms with Gasteiger partial charge in [-0.05, 0) is 32.4 Å². The van der Waals surface area contributed by atoms with Crippen LogP contribution in [0.4, 0.5) is 0 Å². The van der Waals surface area contributed by atoms with Crippen molar-refractivity contribution < 1.29 is 9.84 Å². The molecule has 4 nitrogen and oxygen atoms in total. The van der Waals surface area contributed by atoms with Crippen LogP contribution in [0.25, 0.3) is 0 Å². The van der Waals surface area contributed by atoms with E-state index in [0.29, 0.717) is 19.3 Å². The van der Waals surface area contributed by atoms with Gasteiger partial charge < -0.3 is 20.5 Å². The second-order valence-corrected chi connectivity index (χ2v) is 4.26. The predicted molar refractivity (Wildman–Crippen MR) is 54.3 cm³/mol. The molecule has 3 N–H and O–H groups in total. The molecule has 0 aromatic carbocycles. The lowest BCUT2D eigenvalue weighted by molar-refractivity contribution is 0.121. The first-order chi connectivity index (χ1) is 6.86. The van der Waals surface area contributed by atoms with Gasteiger partial charge in [0.2, 0.25) is 0 Å². The van der Waals surface area contributed by atoms with Gasteiger partial charge in [0.05, 0.1) is 25.4 Å². The Morgan fingerprint density at radius 1 is 1.21 bits per heavy atom. The fraction of sp³-hybridized carbons (Fsp3) is 1.00. The summed E-state index contributed by atoms with van der Waals surface area (Å²) in [6, 6.07) is 0.699. The Hall–Kier alpha value is -0.160. The summed E-state index contributed by atoms with van der Waals surface area (Å²) in [6.07, 6.45) is 3.27. The van der Waals surface area contributed by atoms with Gasteiger partial charge in [0.25, 0.3) is 0 Å². The number of hydrogen-bond donors (Lipinski definition) is 3. The molecule has 0 bridgehead atoms. The van der Waals surface area contributed by atoms with Crippen molar-refractivity contribution in [1.82, 2.24) is 10.6 Å². The van der Waals surface area contributed by atoms with Crippen LogP contribution in [0.1, 0.15) is 19.3 Å². The number of ether oxygens (including phenoxy) is 1. The van der Waals surface area contributed by atoms with E-state index in [0.717, 1.165) is 19.5 Å². The molecule has 0 aromatic heterocycles. The van der Waals surface area contributed by atoms with Gasteiger partial charge in [-0.1, -0.05) is 0 Å². The molecule has 1 unspecified atom stereocenters. The molecule has 0 aliphatic carbocycles. The van der Waals surface area contributed by atoms with E-state index in [-0.39, 0.29) is 12.1 Å². The minimum Gasteiger partial charge on any atom is -0.389 e. The van der Waals surface area contributed by atoms with E-state index in [1.165, 1.54) is 12.8 Å². The molecule has 2 aliphatic rings. The summed E-state index contributed by atoms with van der Waals surface area (Å²) < 4.78 is 5.21. The van der Waals surface area contributed by atoms with E-state index >= 15 is 0 Å². The standard InChI is InChI=1S/C10H20N2O2/c13-10-7-14-6-9(10)12-8-2-1-4-11-5-3-8/h8-13H,1-7H2/t8?,9-,10-/m1/s1. The molecule has 0 aromatic rings. The van der Waals surface area contributed by atoms with Gasteiger partial charge >= 0.3 is 0 Å². The zero-order valence-corrected chi connectivity index (χ0v) is 8.54. The predicted octanol–water partition coefficient (Wildman–Crippen LogP) is -0.522. The normalized spacial score (nSPS) is 39.6. The molecule has 0 saturated carbocycles. The van der Waals surface area contributed by atoms with Gasteiger partial charge in [-0.25, -0.2) is 0 Å². The van der Waals surface area contributed by atoms with Crippen molar-refractivity contribution in [1.29, 1.82) is 0 Å². The van der Waals surface area contributed by atoms with E-state index in [1.807, 2.05) is 0 Å². The van der Waals surface area contributed by atoms with Crippen LogP contribution in [0, 0.1) is 0 Å². The van der Waals surface area contributed by atoms with Crippen LogP contribution in [-0.2, 0) is 4.74 Å². The van der Waals surface area contributed by atoms with Gasteiger partial charge in [0.15, 0.2) is 0 Å². The summed E-state index contributed by atoms with van der Waals surface area (Å²) >= 11 is 0. The van der Waals surface area contributed by atoms with Crippen molar-refractivity contribution in [3.05, 3.63) is 0 Å². The van der Waals surface area contributed by atoms with Crippen molar-refractivity contribution in [3.63, 3.8) is 0 Å². The zero-order valence-electron chi connectivity index (χ0n) is 8.54. The van der Waals surface area contributed by atoms with E-state index in [2.05, 4.69) is 10.6 Å². The molecule has 2 aliphatic heterocycles. The number of aliphatic hydroxyl groups is 1. The molecule has 82 valence electrons. The number of nitrogens with one attached hydrogen (secondary N) is 2. The van der Waals surface area contributed by atoms with E-state index in [1.54, 1.807) is 0 Å². The molecule has 0 spiro atoms. The summed E-state index contributed by atoms with van der Waals surface area (Å²) in [5.41, 5.74) is 0. The lowest BCUT2D eigenvalue weighted by Crippen LogP contribution is -2.45. The lowest BCUT2D eigenvalue weighted by Gasteiger charge is -2.22. The molecule has 2 heterocycles. The van der Waals surface area contributed by atoms with Crippen molar-refractivity contribution in [3.8, 4) is 0 Å². The molecule has 2 fully saturated rings. The lowest BCUT2D eigenvalue weighted by atomic mass is 10.1. The van der Waals surface area contributed by atoms with Gasteiger partial charge in [-0.2, -0.15) is 0 Å². The number of aliphatic hydroxyl groups excluding tert-OH is 1. The first kappa shape index (κ1) is 10.4. The molecular formula is C10H20N2O2. The summed E-state index contributed by atoms with van der Waals surface area (Å²) in [5, 5.41) is 16.5. The second kappa shape index (κ2) is 5.07. The zero-order chi connectivity index (χ0) is 9.80. The van der Waals surface area contributed by atoms with Crippen LogP contribution in [0.15, 0.2) is 0 Å². The third kappa shape index (κ3) is 2.67. The smallest absolute Gasteiger partial charge is 0.0948 e. The maximum absolute atomic E-state index is 9.59. The fourth-order valence-electron chi connectivity index (χ4n) is 2.19. The van der Waals surface area contributed by atoms with Crippen LogP contribution in [0.2, 0.25) is 0 Å². The molecule has 0 amide bonds. The molecule has 2 saturated heterocycles. The van der Waals surface area contributed by atoms with E-state index in [4.69, 9.17) is 4.74 Å². The topological polar surface area (TPSA) is 53.5 Å². The molecule has 3 atom stereocenters. The summed E-state index contributed by atoms with van der Waals surface area (Å²) in [7, 11) is 0. The highest BCUT2D eigenvalue weighted by Crippen LogP contribution is 2.11. The highest BCUT2D eigenvalue weighted by Gasteiger charge is 2.28. The molecule has 2 rings (SSSR count). The number of hydrogen-bond acceptors (Lipinski definition) is 4. The first-order valence-electron chi connectivity index (χ1n) is 5.59. The Balaban J connectivity index is 1.77. The Morgan fingerprint density at radius 3 is 2.93 bits per heavy atom. The summed E-state index contributed by atoms with van der Waals surface area (Å²) in [4.78, 5) is 0. The Kier molecular flexibility index (Phi) is 3.75. The van der Waals surface area contributed by atoms with Gasteiger partial charge in [-0.3, -0.25) is 0 Å². The second-order valence-electron chi connectivity index (χ2n) is 4.26. The van der Waals surface area contributed by atoms with Crippen molar-refractivity contribution in [2.45, 2.75) is 37.5 Å². The Labute approximate surface area is 85.0 Å². The van der Waals surface area contributed by atoms with Crippen LogP contribution >= 0.6 is 0 Å². The maximum atomic E-state index is 9.59.